The number of hydrogen-bond donors (Lipinski definition) is 1. The number of nitriles is 1. The van der Waals surface area contributed by atoms with Crippen LogP contribution < -0.4 is 0 Å². The molecule has 1 N–H and O–H groups in total. The van der Waals surface area contributed by atoms with Crippen molar-refractivity contribution in [1.29, 1.82) is 5.26 Å². The summed E-state index contributed by atoms with van der Waals surface area (Å²) in [5.41, 5.74) is 1.48. The predicted octanol–water partition coefficient (Wildman–Crippen LogP) is 3.09. The molecule has 0 saturated heterocycles. The maximum Gasteiger partial charge on any atom is 0.307 e. The summed E-state index contributed by atoms with van der Waals surface area (Å²) in [7, 11) is 0. The standard InChI is InChI=1S/C15H17NO2/c1-2-13(14(17)18)15(8-3-9-15)12-6-4-11(10-16)5-7-12/h4-7,13H,2-3,8-9H2,1H3,(H,17,18). The maximum absolute atomic E-state index is 11.4. The molecule has 3 heteroatoms. The molecule has 1 unspecified atom stereocenters. The molecule has 1 atom stereocenters. The molecule has 1 aromatic rings. The fourth-order valence-electron chi connectivity index (χ4n) is 3.07. The molecule has 2 rings (SSSR count). The summed E-state index contributed by atoms with van der Waals surface area (Å²) in [4.78, 5) is 11.4. The van der Waals surface area contributed by atoms with Gasteiger partial charge in [-0.1, -0.05) is 25.5 Å². The fraction of sp³-hybridized carbons (Fsp3) is 0.467. The molecule has 0 radical (unpaired) electrons. The van der Waals surface area contributed by atoms with E-state index in [1.54, 1.807) is 12.1 Å². The zero-order chi connectivity index (χ0) is 13.2. The smallest absolute Gasteiger partial charge is 0.307 e. The number of carbonyl (C=O) groups is 1. The molecule has 1 fully saturated rings. The van der Waals surface area contributed by atoms with Crippen LogP contribution in [0.25, 0.3) is 0 Å². The van der Waals surface area contributed by atoms with Crippen LogP contribution in [0.15, 0.2) is 24.3 Å². The molecule has 0 aliphatic heterocycles. The van der Waals surface area contributed by atoms with Crippen LogP contribution in [-0.4, -0.2) is 11.1 Å². The Morgan fingerprint density at radius 1 is 1.44 bits per heavy atom. The molecule has 1 aliphatic rings. The van der Waals surface area contributed by atoms with E-state index in [0.717, 1.165) is 24.8 Å². The summed E-state index contributed by atoms with van der Waals surface area (Å²) in [6, 6.07) is 9.49. The molecular formula is C15H17NO2. The average Bonchev–Trinajstić information content (AvgIpc) is 2.33. The largest absolute Gasteiger partial charge is 0.481 e. The monoisotopic (exact) mass is 243 g/mol. The minimum Gasteiger partial charge on any atom is -0.481 e. The van der Waals surface area contributed by atoms with Crippen molar-refractivity contribution in [2.24, 2.45) is 5.92 Å². The van der Waals surface area contributed by atoms with Gasteiger partial charge in [-0.3, -0.25) is 4.79 Å². The van der Waals surface area contributed by atoms with Crippen LogP contribution in [0.3, 0.4) is 0 Å². The van der Waals surface area contributed by atoms with Crippen LogP contribution in [0.2, 0.25) is 0 Å². The molecule has 18 heavy (non-hydrogen) atoms. The Morgan fingerprint density at radius 2 is 2.06 bits per heavy atom. The van der Waals surface area contributed by atoms with Crippen LogP contribution >= 0.6 is 0 Å². The molecule has 94 valence electrons. The van der Waals surface area contributed by atoms with E-state index in [1.807, 2.05) is 19.1 Å². The Morgan fingerprint density at radius 3 is 2.39 bits per heavy atom. The highest BCUT2D eigenvalue weighted by atomic mass is 16.4. The van der Waals surface area contributed by atoms with Gasteiger partial charge < -0.3 is 5.11 Å². The number of carboxylic acid groups (broad SMARTS) is 1. The van der Waals surface area contributed by atoms with Crippen molar-refractivity contribution in [3.05, 3.63) is 35.4 Å². The predicted molar refractivity (Wildman–Crippen MR) is 68.1 cm³/mol. The van der Waals surface area contributed by atoms with Crippen LogP contribution in [0.4, 0.5) is 0 Å². The average molecular weight is 243 g/mol. The quantitative estimate of drug-likeness (QED) is 0.883. The fourth-order valence-corrected chi connectivity index (χ4v) is 3.07. The first-order valence-electron chi connectivity index (χ1n) is 6.37. The van der Waals surface area contributed by atoms with E-state index in [-0.39, 0.29) is 11.3 Å². The van der Waals surface area contributed by atoms with Gasteiger partial charge in [0.15, 0.2) is 0 Å². The number of hydrogen-bond acceptors (Lipinski definition) is 2. The molecule has 0 bridgehead atoms. The van der Waals surface area contributed by atoms with Crippen LogP contribution in [-0.2, 0) is 10.2 Å². The second kappa shape index (κ2) is 4.81. The first kappa shape index (κ1) is 12.6. The van der Waals surface area contributed by atoms with Gasteiger partial charge in [-0.15, -0.1) is 0 Å². The highest BCUT2D eigenvalue weighted by Crippen LogP contribution is 2.50. The summed E-state index contributed by atoms with van der Waals surface area (Å²) in [6.45, 7) is 1.93. The lowest BCUT2D eigenvalue weighted by Gasteiger charge is -2.46. The molecule has 1 aliphatic carbocycles. The van der Waals surface area contributed by atoms with Crippen molar-refractivity contribution in [3.63, 3.8) is 0 Å². The zero-order valence-corrected chi connectivity index (χ0v) is 10.5. The van der Waals surface area contributed by atoms with E-state index >= 15 is 0 Å². The lowest BCUT2D eigenvalue weighted by atomic mass is 9.57. The topological polar surface area (TPSA) is 61.1 Å². The summed E-state index contributed by atoms with van der Waals surface area (Å²) >= 11 is 0. The molecule has 1 aromatic carbocycles. The van der Waals surface area contributed by atoms with E-state index in [1.165, 1.54) is 0 Å². The zero-order valence-electron chi connectivity index (χ0n) is 10.5. The third-order valence-corrected chi connectivity index (χ3v) is 4.21. The van der Waals surface area contributed by atoms with Gasteiger partial charge >= 0.3 is 5.97 Å². The van der Waals surface area contributed by atoms with Crippen molar-refractivity contribution >= 4 is 5.97 Å². The summed E-state index contributed by atoms with van der Waals surface area (Å²) in [5, 5.41) is 18.2. The van der Waals surface area contributed by atoms with Gasteiger partial charge in [-0.2, -0.15) is 5.26 Å². The van der Waals surface area contributed by atoms with Crippen LogP contribution in [0, 0.1) is 17.2 Å². The van der Waals surface area contributed by atoms with E-state index in [0.29, 0.717) is 12.0 Å². The second-order valence-corrected chi connectivity index (χ2v) is 5.00. The van der Waals surface area contributed by atoms with Gasteiger partial charge in [0.05, 0.1) is 17.6 Å². The lowest BCUT2D eigenvalue weighted by Crippen LogP contribution is -2.45. The van der Waals surface area contributed by atoms with Crippen molar-refractivity contribution < 1.29 is 9.90 Å². The van der Waals surface area contributed by atoms with E-state index in [9.17, 15) is 9.90 Å². The number of benzene rings is 1. The minimum atomic E-state index is -0.707. The Kier molecular flexibility index (Phi) is 3.38. The highest BCUT2D eigenvalue weighted by molar-refractivity contribution is 5.73. The van der Waals surface area contributed by atoms with Crippen molar-refractivity contribution in [2.45, 2.75) is 38.0 Å². The Bertz CT molecular complexity index is 480. The molecule has 0 aromatic heterocycles. The number of rotatable bonds is 4. The van der Waals surface area contributed by atoms with Gasteiger partial charge in [0.2, 0.25) is 0 Å². The minimum absolute atomic E-state index is 0.214. The third kappa shape index (κ3) is 1.88. The Hall–Kier alpha value is -1.82. The van der Waals surface area contributed by atoms with E-state index < -0.39 is 5.97 Å². The van der Waals surface area contributed by atoms with Crippen molar-refractivity contribution in [2.75, 3.05) is 0 Å². The Balaban J connectivity index is 2.37. The Labute approximate surface area is 107 Å². The van der Waals surface area contributed by atoms with Crippen molar-refractivity contribution in [3.8, 4) is 6.07 Å². The molecule has 0 spiro atoms. The summed E-state index contributed by atoms with van der Waals surface area (Å²) < 4.78 is 0. The highest BCUT2D eigenvalue weighted by Gasteiger charge is 2.47. The summed E-state index contributed by atoms with van der Waals surface area (Å²) in [5.74, 6) is -1.03. The lowest BCUT2D eigenvalue weighted by molar-refractivity contribution is -0.146. The van der Waals surface area contributed by atoms with E-state index in [2.05, 4.69) is 6.07 Å². The van der Waals surface area contributed by atoms with E-state index in [4.69, 9.17) is 5.26 Å². The molecule has 0 amide bonds. The maximum atomic E-state index is 11.4. The summed E-state index contributed by atoms with van der Waals surface area (Å²) in [6.07, 6.45) is 3.60. The molecular weight excluding hydrogens is 226 g/mol. The van der Waals surface area contributed by atoms with Gasteiger partial charge in [0.25, 0.3) is 0 Å². The van der Waals surface area contributed by atoms with Crippen molar-refractivity contribution in [1.82, 2.24) is 0 Å². The number of carboxylic acids is 1. The molecule has 1 saturated carbocycles. The molecule has 3 nitrogen and oxygen atoms in total. The first-order valence-corrected chi connectivity index (χ1v) is 6.37. The molecule has 0 heterocycles. The van der Waals surface area contributed by atoms with Crippen LogP contribution in [0.1, 0.15) is 43.7 Å². The van der Waals surface area contributed by atoms with Crippen LogP contribution in [0.5, 0.6) is 0 Å². The normalized spacial score (nSPS) is 18.4. The van der Waals surface area contributed by atoms with Gasteiger partial charge in [0, 0.05) is 5.41 Å². The first-order chi connectivity index (χ1) is 8.64. The second-order valence-electron chi connectivity index (χ2n) is 5.00. The van der Waals surface area contributed by atoms with Gasteiger partial charge in [0.1, 0.15) is 0 Å². The third-order valence-electron chi connectivity index (χ3n) is 4.21. The van der Waals surface area contributed by atoms with Gasteiger partial charge in [-0.25, -0.2) is 0 Å². The number of nitrogens with zero attached hydrogens (tertiary/aromatic N) is 1. The number of aliphatic carboxylic acids is 1. The van der Waals surface area contributed by atoms with Gasteiger partial charge in [-0.05, 0) is 37.0 Å². The SMILES string of the molecule is CCC(C(=O)O)C1(c2ccc(C#N)cc2)CCC1.